The smallest absolute Gasteiger partial charge is 0.163 e. The Morgan fingerprint density at radius 1 is 1.50 bits per heavy atom. The summed E-state index contributed by atoms with van der Waals surface area (Å²) in [5, 5.41) is 8.97. The fraction of sp³-hybridized carbons (Fsp3) is 0.364. The molecule has 0 saturated carbocycles. The summed E-state index contributed by atoms with van der Waals surface area (Å²) in [7, 11) is 0. The van der Waals surface area contributed by atoms with Crippen molar-refractivity contribution in [3.05, 3.63) is 34.9 Å². The number of carbonyl (C=O) groups excluding carboxylic acids is 1. The van der Waals surface area contributed by atoms with E-state index < -0.39 is 0 Å². The molecule has 0 aliphatic heterocycles. The van der Waals surface area contributed by atoms with Crippen molar-refractivity contribution in [3.8, 4) is 0 Å². The third-order valence-electron chi connectivity index (χ3n) is 2.68. The van der Waals surface area contributed by atoms with Gasteiger partial charge >= 0.3 is 0 Å². The van der Waals surface area contributed by atoms with Gasteiger partial charge in [0, 0.05) is 18.0 Å². The van der Waals surface area contributed by atoms with Crippen LogP contribution in [0.2, 0.25) is 0 Å². The Kier molecular flexibility index (Phi) is 2.35. The highest BCUT2D eigenvalue weighted by molar-refractivity contribution is 5.98. The SMILES string of the molecule is N[C@H]1CCC(=O)c2ccc(CO)cc21. The Morgan fingerprint density at radius 3 is 3.00 bits per heavy atom. The van der Waals surface area contributed by atoms with Crippen LogP contribution in [0.4, 0.5) is 0 Å². The number of hydrogen-bond donors (Lipinski definition) is 2. The van der Waals surface area contributed by atoms with E-state index in [9.17, 15) is 4.79 Å². The van der Waals surface area contributed by atoms with Gasteiger partial charge in [0.1, 0.15) is 0 Å². The fourth-order valence-electron chi connectivity index (χ4n) is 1.85. The van der Waals surface area contributed by atoms with Gasteiger partial charge in [0.15, 0.2) is 5.78 Å². The lowest BCUT2D eigenvalue weighted by molar-refractivity contribution is 0.0967. The van der Waals surface area contributed by atoms with E-state index >= 15 is 0 Å². The fourth-order valence-corrected chi connectivity index (χ4v) is 1.85. The van der Waals surface area contributed by atoms with Crippen molar-refractivity contribution in [1.29, 1.82) is 0 Å². The zero-order chi connectivity index (χ0) is 10.1. The first kappa shape index (κ1) is 9.37. The molecule has 0 unspecified atom stereocenters. The molecule has 0 fully saturated rings. The van der Waals surface area contributed by atoms with E-state index in [2.05, 4.69) is 0 Å². The summed E-state index contributed by atoms with van der Waals surface area (Å²) in [6.07, 6.45) is 1.24. The number of fused-ring (bicyclic) bond motifs is 1. The molecule has 0 heterocycles. The Morgan fingerprint density at radius 2 is 2.29 bits per heavy atom. The van der Waals surface area contributed by atoms with E-state index in [1.807, 2.05) is 6.07 Å². The number of carbonyl (C=O) groups is 1. The first-order chi connectivity index (χ1) is 6.72. The summed E-state index contributed by atoms with van der Waals surface area (Å²) in [5.41, 5.74) is 8.32. The van der Waals surface area contributed by atoms with Gasteiger partial charge in [0.25, 0.3) is 0 Å². The first-order valence-electron chi connectivity index (χ1n) is 4.75. The van der Waals surface area contributed by atoms with Crippen LogP contribution in [0.1, 0.15) is 40.4 Å². The van der Waals surface area contributed by atoms with Gasteiger partial charge in [-0.3, -0.25) is 4.79 Å². The third-order valence-corrected chi connectivity index (χ3v) is 2.68. The second-order valence-corrected chi connectivity index (χ2v) is 3.65. The van der Waals surface area contributed by atoms with Crippen LogP contribution in [0.25, 0.3) is 0 Å². The maximum Gasteiger partial charge on any atom is 0.163 e. The Bertz CT molecular complexity index is 374. The summed E-state index contributed by atoms with van der Waals surface area (Å²) in [5.74, 6) is 0.159. The van der Waals surface area contributed by atoms with E-state index in [1.54, 1.807) is 12.1 Å². The summed E-state index contributed by atoms with van der Waals surface area (Å²) in [6, 6.07) is 5.31. The van der Waals surface area contributed by atoms with Crippen LogP contribution < -0.4 is 5.73 Å². The Hall–Kier alpha value is -1.19. The number of benzene rings is 1. The van der Waals surface area contributed by atoms with Crippen molar-refractivity contribution in [2.24, 2.45) is 5.73 Å². The maximum absolute atomic E-state index is 11.5. The van der Waals surface area contributed by atoms with Gasteiger partial charge in [-0.1, -0.05) is 18.2 Å². The van der Waals surface area contributed by atoms with Gasteiger partial charge in [0.05, 0.1) is 6.61 Å². The highest BCUT2D eigenvalue weighted by atomic mass is 16.3. The number of aliphatic hydroxyl groups is 1. The average Bonchev–Trinajstić information content (AvgIpc) is 2.23. The predicted octanol–water partition coefficient (Wildman–Crippen LogP) is 1.16. The van der Waals surface area contributed by atoms with Crippen LogP contribution in [-0.2, 0) is 6.61 Å². The van der Waals surface area contributed by atoms with Crippen LogP contribution in [0.5, 0.6) is 0 Å². The van der Waals surface area contributed by atoms with Crippen LogP contribution in [0.15, 0.2) is 18.2 Å². The molecule has 1 aliphatic rings. The van der Waals surface area contributed by atoms with Crippen LogP contribution >= 0.6 is 0 Å². The van der Waals surface area contributed by atoms with Gasteiger partial charge in [-0.2, -0.15) is 0 Å². The van der Waals surface area contributed by atoms with Crippen molar-refractivity contribution in [3.63, 3.8) is 0 Å². The number of ketones is 1. The molecule has 0 bridgehead atoms. The van der Waals surface area contributed by atoms with E-state index in [0.717, 1.165) is 16.7 Å². The molecule has 2 rings (SSSR count). The molecule has 74 valence electrons. The molecule has 3 nitrogen and oxygen atoms in total. The van der Waals surface area contributed by atoms with Gasteiger partial charge in [-0.25, -0.2) is 0 Å². The zero-order valence-electron chi connectivity index (χ0n) is 7.86. The van der Waals surface area contributed by atoms with Crippen molar-refractivity contribution >= 4 is 5.78 Å². The second-order valence-electron chi connectivity index (χ2n) is 3.65. The molecule has 0 saturated heterocycles. The average molecular weight is 191 g/mol. The van der Waals surface area contributed by atoms with Crippen LogP contribution in [0, 0.1) is 0 Å². The van der Waals surface area contributed by atoms with E-state index in [0.29, 0.717) is 12.8 Å². The molecule has 1 aromatic carbocycles. The number of aliphatic hydroxyl groups excluding tert-OH is 1. The lowest BCUT2D eigenvalue weighted by Gasteiger charge is -2.21. The van der Waals surface area contributed by atoms with Crippen molar-refractivity contribution in [2.45, 2.75) is 25.5 Å². The standard InChI is InChI=1S/C11H13NO2/c12-10-3-4-11(14)8-2-1-7(6-13)5-9(8)10/h1-2,5,10,13H,3-4,6,12H2/t10-/m0/s1. The van der Waals surface area contributed by atoms with E-state index in [4.69, 9.17) is 10.8 Å². The van der Waals surface area contributed by atoms with Gasteiger partial charge in [-0.15, -0.1) is 0 Å². The molecule has 0 aromatic heterocycles. The summed E-state index contributed by atoms with van der Waals surface area (Å²) in [4.78, 5) is 11.5. The minimum absolute atomic E-state index is 0.00576. The van der Waals surface area contributed by atoms with Gasteiger partial charge in [-0.05, 0) is 17.5 Å². The monoisotopic (exact) mass is 191 g/mol. The molecule has 3 N–H and O–H groups in total. The van der Waals surface area contributed by atoms with Crippen molar-refractivity contribution in [1.82, 2.24) is 0 Å². The molecular weight excluding hydrogens is 178 g/mol. The number of Topliss-reactive ketones (excluding diaryl/α,β-unsaturated/α-hetero) is 1. The highest BCUT2D eigenvalue weighted by Crippen LogP contribution is 2.28. The molecule has 1 aliphatic carbocycles. The van der Waals surface area contributed by atoms with Gasteiger partial charge < -0.3 is 10.8 Å². The quantitative estimate of drug-likeness (QED) is 0.700. The molecule has 0 radical (unpaired) electrons. The van der Waals surface area contributed by atoms with Crippen molar-refractivity contribution < 1.29 is 9.90 Å². The van der Waals surface area contributed by atoms with E-state index in [-0.39, 0.29) is 18.4 Å². The molecular formula is C11H13NO2. The molecule has 14 heavy (non-hydrogen) atoms. The number of hydrogen-bond acceptors (Lipinski definition) is 3. The summed E-state index contributed by atoms with van der Waals surface area (Å²) in [6.45, 7) is -0.00576. The topological polar surface area (TPSA) is 63.3 Å². The molecule has 1 atom stereocenters. The van der Waals surface area contributed by atoms with Gasteiger partial charge in [0.2, 0.25) is 0 Å². The second kappa shape index (κ2) is 3.52. The minimum atomic E-state index is -0.0609. The number of nitrogens with two attached hydrogens (primary N) is 1. The highest BCUT2D eigenvalue weighted by Gasteiger charge is 2.22. The molecule has 3 heteroatoms. The number of rotatable bonds is 1. The van der Waals surface area contributed by atoms with E-state index in [1.165, 1.54) is 0 Å². The Balaban J connectivity index is 2.50. The third kappa shape index (κ3) is 1.45. The summed E-state index contributed by atoms with van der Waals surface area (Å²) < 4.78 is 0. The predicted molar refractivity (Wildman–Crippen MR) is 52.9 cm³/mol. The van der Waals surface area contributed by atoms with Crippen LogP contribution in [-0.4, -0.2) is 10.9 Å². The molecule has 0 amide bonds. The first-order valence-corrected chi connectivity index (χ1v) is 4.75. The lowest BCUT2D eigenvalue weighted by atomic mass is 9.86. The Labute approximate surface area is 82.5 Å². The lowest BCUT2D eigenvalue weighted by Crippen LogP contribution is -2.21. The largest absolute Gasteiger partial charge is 0.392 e. The normalized spacial score (nSPS) is 20.7. The van der Waals surface area contributed by atoms with Crippen LogP contribution in [0.3, 0.4) is 0 Å². The molecule has 0 spiro atoms. The van der Waals surface area contributed by atoms with Crippen molar-refractivity contribution in [2.75, 3.05) is 0 Å². The summed E-state index contributed by atoms with van der Waals surface area (Å²) >= 11 is 0. The molecule has 1 aromatic rings. The zero-order valence-corrected chi connectivity index (χ0v) is 7.86. The minimum Gasteiger partial charge on any atom is -0.392 e. The maximum atomic E-state index is 11.5.